The number of sulfonamides is 1. The normalized spacial score (nSPS) is 14.2. The average Bonchev–Trinajstić information content (AvgIpc) is 2.75. The van der Waals surface area contributed by atoms with E-state index >= 15 is 0 Å². The molecule has 2 aromatic rings. The second-order valence-electron chi connectivity index (χ2n) is 7.45. The largest absolute Gasteiger partial charge is 0.385 e. The van der Waals surface area contributed by atoms with E-state index in [1.54, 1.807) is 12.1 Å². The lowest BCUT2D eigenvalue weighted by molar-refractivity contribution is -0.118. The van der Waals surface area contributed by atoms with Crippen LogP contribution in [0.4, 0.5) is 17.1 Å². The van der Waals surface area contributed by atoms with Gasteiger partial charge >= 0.3 is 0 Å². The van der Waals surface area contributed by atoms with Crippen LogP contribution in [0.2, 0.25) is 0 Å². The van der Waals surface area contributed by atoms with Gasteiger partial charge in [-0.2, -0.15) is 0 Å². The summed E-state index contributed by atoms with van der Waals surface area (Å²) < 4.78 is 27.0. The molecule has 3 rings (SSSR count). The molecule has 30 heavy (non-hydrogen) atoms. The zero-order chi connectivity index (χ0) is 21.2. The highest BCUT2D eigenvalue weighted by molar-refractivity contribution is 7.93. The fourth-order valence-electron chi connectivity index (χ4n) is 3.44. The number of benzene rings is 2. The maximum Gasteiger partial charge on any atom is 0.241 e. The van der Waals surface area contributed by atoms with Crippen LogP contribution in [0.15, 0.2) is 54.6 Å². The lowest BCUT2D eigenvalue weighted by Gasteiger charge is -2.28. The van der Waals surface area contributed by atoms with Gasteiger partial charge < -0.3 is 15.5 Å². The van der Waals surface area contributed by atoms with Crippen molar-refractivity contribution in [3.63, 3.8) is 0 Å². The number of piperidine rings is 1. The van der Waals surface area contributed by atoms with Crippen molar-refractivity contribution in [1.82, 2.24) is 5.32 Å². The molecule has 0 unspecified atom stereocenters. The van der Waals surface area contributed by atoms with Crippen molar-refractivity contribution in [3.05, 3.63) is 54.6 Å². The highest BCUT2D eigenvalue weighted by Gasteiger charge is 2.17. The summed E-state index contributed by atoms with van der Waals surface area (Å²) in [7, 11) is -3.75. The number of carbonyl (C=O) groups excluding carboxylic acids is 1. The molecule has 0 aromatic heterocycles. The summed E-state index contributed by atoms with van der Waals surface area (Å²) in [5, 5.41) is 5.90. The van der Waals surface area contributed by atoms with Crippen LogP contribution in [-0.4, -0.2) is 46.3 Å². The average molecular weight is 431 g/mol. The van der Waals surface area contributed by atoms with Gasteiger partial charge in [0.2, 0.25) is 15.9 Å². The maximum absolute atomic E-state index is 12.3. The summed E-state index contributed by atoms with van der Waals surface area (Å²) in [6, 6.07) is 17.1. The van der Waals surface area contributed by atoms with Crippen LogP contribution in [0.5, 0.6) is 0 Å². The minimum Gasteiger partial charge on any atom is -0.385 e. The Labute approximate surface area is 178 Å². The van der Waals surface area contributed by atoms with Gasteiger partial charge in [-0.15, -0.1) is 0 Å². The second kappa shape index (κ2) is 10.9. The Morgan fingerprint density at radius 3 is 2.27 bits per heavy atom. The molecule has 162 valence electrons. The smallest absolute Gasteiger partial charge is 0.241 e. The molecule has 0 bridgehead atoms. The quantitative estimate of drug-likeness (QED) is 0.504. The van der Waals surface area contributed by atoms with Crippen LogP contribution in [0.3, 0.4) is 0 Å². The van der Waals surface area contributed by atoms with E-state index in [2.05, 4.69) is 20.3 Å². The van der Waals surface area contributed by atoms with E-state index in [-0.39, 0.29) is 0 Å². The Morgan fingerprint density at radius 1 is 0.867 bits per heavy atom. The number of carbonyl (C=O) groups is 1. The Bertz CT molecular complexity index is 896. The van der Waals surface area contributed by atoms with Crippen molar-refractivity contribution in [2.24, 2.45) is 0 Å². The molecule has 1 aliphatic rings. The van der Waals surface area contributed by atoms with Crippen molar-refractivity contribution in [2.45, 2.75) is 25.7 Å². The van der Waals surface area contributed by atoms with Crippen molar-refractivity contribution in [1.29, 1.82) is 0 Å². The Balaban J connectivity index is 1.38. The molecule has 0 spiro atoms. The molecule has 1 saturated heterocycles. The SMILES string of the molecule is O=C(CS(=O)(=O)Nc1ccc(N2CCCCC2)cc1)NCCCNc1ccccc1. The number of nitrogens with zero attached hydrogens (tertiary/aromatic N) is 1. The summed E-state index contributed by atoms with van der Waals surface area (Å²) in [4.78, 5) is 14.3. The first-order valence-electron chi connectivity index (χ1n) is 10.4. The predicted molar refractivity (Wildman–Crippen MR) is 122 cm³/mol. The first-order valence-corrected chi connectivity index (χ1v) is 12.1. The molecular weight excluding hydrogens is 400 g/mol. The van der Waals surface area contributed by atoms with E-state index in [1.807, 2.05) is 42.5 Å². The molecular formula is C22H30N4O3S. The topological polar surface area (TPSA) is 90.5 Å². The van der Waals surface area contributed by atoms with Crippen molar-refractivity contribution in [3.8, 4) is 0 Å². The van der Waals surface area contributed by atoms with E-state index in [0.717, 1.165) is 24.5 Å². The minimum atomic E-state index is -3.75. The third-order valence-corrected chi connectivity index (χ3v) is 6.15. The van der Waals surface area contributed by atoms with Crippen LogP contribution in [0.25, 0.3) is 0 Å². The van der Waals surface area contributed by atoms with Gasteiger partial charge in [0.05, 0.1) is 0 Å². The Kier molecular flexibility index (Phi) is 7.96. The van der Waals surface area contributed by atoms with Crippen molar-refractivity contribution >= 4 is 33.0 Å². The third kappa shape index (κ3) is 7.26. The van der Waals surface area contributed by atoms with Gasteiger partial charge in [-0.25, -0.2) is 8.42 Å². The number of nitrogens with one attached hydrogen (secondary N) is 3. The molecule has 2 aromatic carbocycles. The first kappa shape index (κ1) is 22.0. The fraction of sp³-hybridized carbons (Fsp3) is 0.409. The van der Waals surface area contributed by atoms with Gasteiger partial charge in [-0.3, -0.25) is 9.52 Å². The molecule has 1 aliphatic heterocycles. The molecule has 3 N–H and O–H groups in total. The van der Waals surface area contributed by atoms with Gasteiger partial charge in [-0.05, 0) is 62.1 Å². The van der Waals surface area contributed by atoms with E-state index < -0.39 is 21.7 Å². The van der Waals surface area contributed by atoms with Crippen LogP contribution in [0.1, 0.15) is 25.7 Å². The zero-order valence-corrected chi connectivity index (χ0v) is 18.0. The van der Waals surface area contributed by atoms with E-state index in [0.29, 0.717) is 25.2 Å². The molecule has 1 amide bonds. The molecule has 0 saturated carbocycles. The monoisotopic (exact) mass is 430 g/mol. The maximum atomic E-state index is 12.3. The van der Waals surface area contributed by atoms with Crippen molar-refractivity contribution in [2.75, 3.05) is 46.9 Å². The van der Waals surface area contributed by atoms with Gasteiger partial charge in [0, 0.05) is 43.2 Å². The fourth-order valence-corrected chi connectivity index (χ4v) is 4.45. The van der Waals surface area contributed by atoms with Gasteiger partial charge in [0.25, 0.3) is 0 Å². The Hall–Kier alpha value is -2.74. The number of rotatable bonds is 10. The standard InChI is InChI=1S/C22H30N4O3S/c27-22(24-15-7-14-23-19-8-3-1-4-9-19)18-30(28,29)25-20-10-12-21(13-11-20)26-16-5-2-6-17-26/h1,3-4,8-13,23,25H,2,5-7,14-18H2,(H,24,27). The first-order chi connectivity index (χ1) is 14.5. The summed E-state index contributed by atoms with van der Waals surface area (Å²) in [6.45, 7) is 3.18. The molecule has 1 heterocycles. The van der Waals surface area contributed by atoms with Crippen LogP contribution in [0, 0.1) is 0 Å². The molecule has 1 fully saturated rings. The summed E-state index contributed by atoms with van der Waals surface area (Å²) in [5.41, 5.74) is 2.58. The highest BCUT2D eigenvalue weighted by atomic mass is 32.2. The number of anilines is 3. The zero-order valence-electron chi connectivity index (χ0n) is 17.1. The van der Waals surface area contributed by atoms with Crippen LogP contribution in [-0.2, 0) is 14.8 Å². The molecule has 0 atom stereocenters. The number of hydrogen-bond donors (Lipinski definition) is 3. The minimum absolute atomic E-state index is 0.415. The van der Waals surface area contributed by atoms with Crippen LogP contribution < -0.4 is 20.3 Å². The molecule has 7 nitrogen and oxygen atoms in total. The van der Waals surface area contributed by atoms with Gasteiger partial charge in [0.1, 0.15) is 5.75 Å². The summed E-state index contributed by atoms with van der Waals surface area (Å²) in [5.74, 6) is -1.10. The van der Waals surface area contributed by atoms with E-state index in [4.69, 9.17) is 0 Å². The summed E-state index contributed by atoms with van der Waals surface area (Å²) >= 11 is 0. The Morgan fingerprint density at radius 2 is 1.57 bits per heavy atom. The van der Waals surface area contributed by atoms with Crippen molar-refractivity contribution < 1.29 is 13.2 Å². The van der Waals surface area contributed by atoms with Gasteiger partial charge in [-0.1, -0.05) is 18.2 Å². The molecule has 0 radical (unpaired) electrons. The summed E-state index contributed by atoms with van der Waals surface area (Å²) in [6.07, 6.45) is 4.34. The van der Waals surface area contributed by atoms with Crippen LogP contribution >= 0.6 is 0 Å². The number of hydrogen-bond acceptors (Lipinski definition) is 5. The third-order valence-electron chi connectivity index (χ3n) is 4.96. The molecule has 8 heteroatoms. The van der Waals surface area contributed by atoms with E-state index in [9.17, 15) is 13.2 Å². The second-order valence-corrected chi connectivity index (χ2v) is 9.17. The lowest BCUT2D eigenvalue weighted by atomic mass is 10.1. The number of para-hydroxylation sites is 1. The van der Waals surface area contributed by atoms with Gasteiger partial charge in [0.15, 0.2) is 0 Å². The van der Waals surface area contributed by atoms with E-state index in [1.165, 1.54) is 19.3 Å². The molecule has 0 aliphatic carbocycles. The number of amides is 1. The predicted octanol–water partition coefficient (Wildman–Crippen LogP) is 3.04. The lowest BCUT2D eigenvalue weighted by Crippen LogP contribution is -2.34. The highest BCUT2D eigenvalue weighted by Crippen LogP contribution is 2.22.